The molecule has 0 saturated carbocycles. The number of H-pyrrole nitrogens is 1. The first-order valence-corrected chi connectivity index (χ1v) is 7.45. The van der Waals surface area contributed by atoms with Crippen LogP contribution in [0.3, 0.4) is 0 Å². The molecule has 0 fully saturated rings. The number of hydrogen-bond acceptors (Lipinski definition) is 3. The summed E-state index contributed by atoms with van der Waals surface area (Å²) >= 11 is 0. The summed E-state index contributed by atoms with van der Waals surface area (Å²) in [4.78, 5) is 21.8. The fourth-order valence-corrected chi connectivity index (χ4v) is 2.60. The van der Waals surface area contributed by atoms with Gasteiger partial charge >= 0.3 is 0 Å². The SMILES string of the molecule is COc1ccc([C@@H](C)N(C)C(=O)c2c[nH]c3ncccc23)cc1. The highest BCUT2D eigenvalue weighted by Gasteiger charge is 2.21. The number of carbonyl (C=O) groups excluding carboxylic acids is 1. The number of pyridine rings is 1. The van der Waals surface area contributed by atoms with Gasteiger partial charge in [0.2, 0.25) is 0 Å². The number of aromatic nitrogens is 2. The summed E-state index contributed by atoms with van der Waals surface area (Å²) in [5, 5.41) is 0.839. The Kier molecular flexibility index (Phi) is 4.02. The maximum atomic E-state index is 12.8. The number of fused-ring (bicyclic) bond motifs is 1. The van der Waals surface area contributed by atoms with Crippen LogP contribution in [0.15, 0.2) is 48.8 Å². The minimum Gasteiger partial charge on any atom is -0.497 e. The van der Waals surface area contributed by atoms with Crippen LogP contribution in [0.25, 0.3) is 11.0 Å². The quantitative estimate of drug-likeness (QED) is 0.803. The van der Waals surface area contributed by atoms with Crippen LogP contribution in [0.5, 0.6) is 5.75 Å². The Hall–Kier alpha value is -2.82. The second-order valence-corrected chi connectivity index (χ2v) is 5.47. The molecule has 0 aliphatic rings. The molecule has 0 aliphatic heterocycles. The molecule has 1 N–H and O–H groups in total. The summed E-state index contributed by atoms with van der Waals surface area (Å²) in [6.45, 7) is 2.01. The van der Waals surface area contributed by atoms with Crippen LogP contribution in [0, 0.1) is 0 Å². The normalized spacial score (nSPS) is 12.1. The molecule has 3 aromatic rings. The molecular weight excluding hydrogens is 290 g/mol. The topological polar surface area (TPSA) is 58.2 Å². The number of ether oxygens (including phenoxy) is 1. The molecule has 1 amide bonds. The summed E-state index contributed by atoms with van der Waals surface area (Å²) in [5.74, 6) is 0.769. The fraction of sp³-hybridized carbons (Fsp3) is 0.222. The number of aromatic amines is 1. The van der Waals surface area contributed by atoms with E-state index in [1.165, 1.54) is 0 Å². The third-order valence-corrected chi connectivity index (χ3v) is 4.18. The van der Waals surface area contributed by atoms with Crippen molar-refractivity contribution in [2.24, 2.45) is 0 Å². The molecule has 5 heteroatoms. The molecule has 2 heterocycles. The third kappa shape index (κ3) is 2.77. The minimum atomic E-state index is -0.0463. The van der Waals surface area contributed by atoms with Gasteiger partial charge in [-0.15, -0.1) is 0 Å². The van der Waals surface area contributed by atoms with E-state index in [4.69, 9.17) is 4.74 Å². The van der Waals surface area contributed by atoms with Crippen LogP contribution in [-0.4, -0.2) is 34.9 Å². The average molecular weight is 309 g/mol. The van der Waals surface area contributed by atoms with Gasteiger partial charge in [0.1, 0.15) is 11.4 Å². The number of nitrogens with zero attached hydrogens (tertiary/aromatic N) is 2. The lowest BCUT2D eigenvalue weighted by atomic mass is 10.1. The Morgan fingerprint density at radius 1 is 1.26 bits per heavy atom. The van der Waals surface area contributed by atoms with Gasteiger partial charge in [-0.25, -0.2) is 4.98 Å². The lowest BCUT2D eigenvalue weighted by Crippen LogP contribution is -2.29. The van der Waals surface area contributed by atoms with Gasteiger partial charge in [0.05, 0.1) is 18.7 Å². The zero-order valence-electron chi connectivity index (χ0n) is 13.4. The van der Waals surface area contributed by atoms with Crippen molar-refractivity contribution in [3.63, 3.8) is 0 Å². The van der Waals surface area contributed by atoms with Crippen molar-refractivity contribution in [3.05, 3.63) is 59.9 Å². The molecule has 2 aromatic heterocycles. The van der Waals surface area contributed by atoms with E-state index >= 15 is 0 Å². The average Bonchev–Trinajstić information content (AvgIpc) is 3.04. The smallest absolute Gasteiger partial charge is 0.256 e. The molecule has 1 atom stereocenters. The van der Waals surface area contributed by atoms with E-state index in [9.17, 15) is 4.79 Å². The lowest BCUT2D eigenvalue weighted by molar-refractivity contribution is 0.0744. The first-order valence-electron chi connectivity index (χ1n) is 7.45. The van der Waals surface area contributed by atoms with Crippen molar-refractivity contribution >= 4 is 16.9 Å². The minimum absolute atomic E-state index is 0.0347. The molecule has 0 radical (unpaired) electrons. The highest BCUT2D eigenvalue weighted by molar-refractivity contribution is 6.05. The number of hydrogen-bond donors (Lipinski definition) is 1. The molecule has 23 heavy (non-hydrogen) atoms. The summed E-state index contributed by atoms with van der Waals surface area (Å²) in [6.07, 6.45) is 3.42. The van der Waals surface area contributed by atoms with Crippen LogP contribution in [0.4, 0.5) is 0 Å². The zero-order valence-corrected chi connectivity index (χ0v) is 13.4. The second-order valence-electron chi connectivity index (χ2n) is 5.47. The number of amides is 1. The van der Waals surface area contributed by atoms with E-state index in [1.54, 1.807) is 24.4 Å². The van der Waals surface area contributed by atoms with E-state index in [-0.39, 0.29) is 11.9 Å². The van der Waals surface area contributed by atoms with Gasteiger partial charge in [-0.3, -0.25) is 4.79 Å². The molecule has 1 aromatic carbocycles. The number of benzene rings is 1. The van der Waals surface area contributed by atoms with Gasteiger partial charge in [-0.2, -0.15) is 0 Å². The van der Waals surface area contributed by atoms with E-state index in [1.807, 2.05) is 50.4 Å². The van der Waals surface area contributed by atoms with Crippen LogP contribution >= 0.6 is 0 Å². The van der Waals surface area contributed by atoms with E-state index in [0.717, 1.165) is 22.3 Å². The Bertz CT molecular complexity index is 824. The maximum Gasteiger partial charge on any atom is 0.256 e. The maximum absolute atomic E-state index is 12.8. The van der Waals surface area contributed by atoms with Crippen molar-refractivity contribution in [2.45, 2.75) is 13.0 Å². The predicted molar refractivity (Wildman–Crippen MR) is 89.6 cm³/mol. The first-order chi connectivity index (χ1) is 11.1. The van der Waals surface area contributed by atoms with Crippen molar-refractivity contribution < 1.29 is 9.53 Å². The lowest BCUT2D eigenvalue weighted by Gasteiger charge is -2.25. The molecule has 0 spiro atoms. The van der Waals surface area contributed by atoms with Gasteiger partial charge in [-0.05, 0) is 36.8 Å². The third-order valence-electron chi connectivity index (χ3n) is 4.18. The van der Waals surface area contributed by atoms with Crippen LogP contribution in [0.1, 0.15) is 28.9 Å². The molecule has 3 rings (SSSR count). The van der Waals surface area contributed by atoms with Gasteiger partial charge in [0.25, 0.3) is 5.91 Å². The summed E-state index contributed by atoms with van der Waals surface area (Å²) in [7, 11) is 3.45. The van der Waals surface area contributed by atoms with E-state index in [2.05, 4.69) is 9.97 Å². The molecule has 0 saturated heterocycles. The molecule has 118 valence electrons. The number of carbonyl (C=O) groups is 1. The highest BCUT2D eigenvalue weighted by Crippen LogP contribution is 2.25. The largest absolute Gasteiger partial charge is 0.497 e. The molecule has 0 bridgehead atoms. The van der Waals surface area contributed by atoms with Crippen LogP contribution in [0.2, 0.25) is 0 Å². The second kappa shape index (κ2) is 6.12. The number of nitrogens with one attached hydrogen (secondary N) is 1. The zero-order chi connectivity index (χ0) is 16.4. The summed E-state index contributed by atoms with van der Waals surface area (Å²) in [5.41, 5.74) is 2.41. The van der Waals surface area contributed by atoms with Crippen molar-refractivity contribution in [3.8, 4) is 5.75 Å². The van der Waals surface area contributed by atoms with Gasteiger partial charge in [-0.1, -0.05) is 12.1 Å². The number of methoxy groups -OCH3 is 1. The van der Waals surface area contributed by atoms with E-state index < -0.39 is 0 Å². The van der Waals surface area contributed by atoms with Gasteiger partial charge < -0.3 is 14.6 Å². The Balaban J connectivity index is 1.86. The van der Waals surface area contributed by atoms with Gasteiger partial charge in [0, 0.05) is 24.8 Å². The van der Waals surface area contributed by atoms with Crippen LogP contribution in [-0.2, 0) is 0 Å². The summed E-state index contributed by atoms with van der Waals surface area (Å²) < 4.78 is 5.17. The van der Waals surface area contributed by atoms with Crippen molar-refractivity contribution in [1.82, 2.24) is 14.9 Å². The monoisotopic (exact) mass is 309 g/mol. The fourth-order valence-electron chi connectivity index (χ4n) is 2.60. The standard InChI is InChI=1S/C18H19N3O2/c1-12(13-6-8-14(23-3)9-7-13)21(2)18(22)16-11-20-17-15(16)5-4-10-19-17/h4-12H,1-3H3,(H,19,20)/t12-/m1/s1. The number of rotatable bonds is 4. The predicted octanol–water partition coefficient (Wildman–Crippen LogP) is 3.40. The Morgan fingerprint density at radius 3 is 2.70 bits per heavy atom. The van der Waals surface area contributed by atoms with Crippen molar-refractivity contribution in [2.75, 3.05) is 14.2 Å². The molecule has 0 aliphatic carbocycles. The van der Waals surface area contributed by atoms with Gasteiger partial charge in [0.15, 0.2) is 0 Å². The Morgan fingerprint density at radius 2 is 2.00 bits per heavy atom. The summed E-state index contributed by atoms with van der Waals surface area (Å²) in [6, 6.07) is 11.4. The van der Waals surface area contributed by atoms with E-state index in [0.29, 0.717) is 5.56 Å². The van der Waals surface area contributed by atoms with Crippen molar-refractivity contribution in [1.29, 1.82) is 0 Å². The Labute approximate surface area is 134 Å². The van der Waals surface area contributed by atoms with Crippen LogP contribution < -0.4 is 4.74 Å². The molecule has 5 nitrogen and oxygen atoms in total. The molecule has 0 unspecified atom stereocenters. The highest BCUT2D eigenvalue weighted by atomic mass is 16.5. The first kappa shape index (κ1) is 15.1. The molecular formula is C18H19N3O2.